The van der Waals surface area contributed by atoms with E-state index < -0.39 is 0 Å². The van der Waals surface area contributed by atoms with E-state index in [0.717, 1.165) is 82.8 Å². The Hall–Kier alpha value is -6.37. The van der Waals surface area contributed by atoms with E-state index in [1.54, 1.807) is 0 Å². The molecule has 0 aliphatic carbocycles. The van der Waals surface area contributed by atoms with Gasteiger partial charge in [0, 0.05) is 21.5 Å². The molecule has 214 valence electrons. The van der Waals surface area contributed by atoms with Crippen LogP contribution in [0.3, 0.4) is 0 Å². The molecule has 0 saturated heterocycles. The Balaban J connectivity index is 1.25. The molecule has 0 bridgehead atoms. The van der Waals surface area contributed by atoms with E-state index in [2.05, 4.69) is 103 Å². The maximum atomic E-state index is 9.98. The third kappa shape index (κ3) is 4.28. The molecule has 0 spiro atoms. The minimum atomic E-state index is 0.645. The first kappa shape index (κ1) is 26.1. The summed E-state index contributed by atoms with van der Waals surface area (Å²) >= 11 is 0. The molecule has 2 aromatic heterocycles. The highest BCUT2D eigenvalue weighted by Crippen LogP contribution is 2.39. The lowest BCUT2D eigenvalue weighted by atomic mass is 9.91. The summed E-state index contributed by atoms with van der Waals surface area (Å²) in [6.45, 7) is 0. The Morgan fingerprint density at radius 2 is 0.826 bits per heavy atom. The molecule has 2 heterocycles. The van der Waals surface area contributed by atoms with Gasteiger partial charge < -0.3 is 8.83 Å². The lowest BCUT2D eigenvalue weighted by Gasteiger charge is -2.12. The van der Waals surface area contributed by atoms with Gasteiger partial charge in [0.15, 0.2) is 0 Å². The van der Waals surface area contributed by atoms with Crippen LogP contribution in [-0.4, -0.2) is 0 Å². The Labute approximate surface area is 265 Å². The maximum absolute atomic E-state index is 9.98. The number of rotatable bonds is 4. The SMILES string of the molecule is N#Cc1ccccc1-c1cc(-c2ccc3oc4ccccc4c3c2)cc(-c2ccc3oc4ccc(-c5ccccc5)cc4c3c2)c1. The number of furan rings is 2. The van der Waals surface area contributed by atoms with Gasteiger partial charge in [0.1, 0.15) is 22.3 Å². The van der Waals surface area contributed by atoms with Crippen molar-refractivity contribution in [3.8, 4) is 50.6 Å². The number of fused-ring (bicyclic) bond motifs is 6. The standard InChI is InChI=1S/C43H25NO2/c44-26-31-10-4-5-11-35(31)34-21-32(29-15-18-41-37(24-29)36-12-6-7-13-40(36)45-41)20-33(22-34)30-16-19-43-39(25-30)38-23-28(14-17-42(38)46-43)27-8-2-1-3-9-27/h1-25H. The van der Waals surface area contributed by atoms with Gasteiger partial charge in [-0.1, -0.05) is 84.9 Å². The maximum Gasteiger partial charge on any atom is 0.135 e. The summed E-state index contributed by atoms with van der Waals surface area (Å²) < 4.78 is 12.4. The molecule has 9 rings (SSSR count). The summed E-state index contributed by atoms with van der Waals surface area (Å²) in [6.07, 6.45) is 0. The van der Waals surface area contributed by atoms with Crippen LogP contribution in [0.25, 0.3) is 88.4 Å². The summed E-state index contributed by atoms with van der Waals surface area (Å²) in [5.74, 6) is 0. The zero-order valence-electron chi connectivity index (χ0n) is 24.7. The van der Waals surface area contributed by atoms with Crippen molar-refractivity contribution in [2.24, 2.45) is 0 Å². The molecule has 0 aliphatic rings. The molecule has 0 amide bonds. The molecule has 3 heteroatoms. The van der Waals surface area contributed by atoms with Crippen molar-refractivity contribution in [2.45, 2.75) is 0 Å². The number of para-hydroxylation sites is 1. The molecule has 0 N–H and O–H groups in total. The van der Waals surface area contributed by atoms with E-state index in [0.29, 0.717) is 5.56 Å². The van der Waals surface area contributed by atoms with Gasteiger partial charge in [-0.05, 0) is 111 Å². The first-order valence-corrected chi connectivity index (χ1v) is 15.3. The Bertz CT molecular complexity index is 2650. The molecule has 9 aromatic rings. The average Bonchev–Trinajstić information content (AvgIpc) is 3.69. The van der Waals surface area contributed by atoms with Crippen LogP contribution in [0.15, 0.2) is 160 Å². The Kier molecular flexibility index (Phi) is 5.88. The molecular weight excluding hydrogens is 562 g/mol. The van der Waals surface area contributed by atoms with Crippen molar-refractivity contribution in [2.75, 3.05) is 0 Å². The lowest BCUT2D eigenvalue weighted by Crippen LogP contribution is -1.89. The molecule has 0 unspecified atom stereocenters. The number of hydrogen-bond donors (Lipinski definition) is 0. The fraction of sp³-hybridized carbons (Fsp3) is 0. The smallest absolute Gasteiger partial charge is 0.135 e. The molecule has 7 aromatic carbocycles. The second-order valence-corrected chi connectivity index (χ2v) is 11.7. The van der Waals surface area contributed by atoms with Crippen molar-refractivity contribution < 1.29 is 8.83 Å². The van der Waals surface area contributed by atoms with Crippen molar-refractivity contribution in [3.05, 3.63) is 157 Å². The highest BCUT2D eigenvalue weighted by molar-refractivity contribution is 6.08. The fourth-order valence-corrected chi connectivity index (χ4v) is 6.62. The molecule has 0 fully saturated rings. The highest BCUT2D eigenvalue weighted by Gasteiger charge is 2.15. The minimum Gasteiger partial charge on any atom is -0.456 e. The Morgan fingerprint density at radius 3 is 1.46 bits per heavy atom. The van der Waals surface area contributed by atoms with Crippen LogP contribution in [0, 0.1) is 11.3 Å². The summed E-state index contributed by atoms with van der Waals surface area (Å²) in [5.41, 5.74) is 12.6. The second kappa shape index (κ2) is 10.4. The lowest BCUT2D eigenvalue weighted by molar-refractivity contribution is 0.668. The first-order chi connectivity index (χ1) is 22.7. The van der Waals surface area contributed by atoms with Gasteiger partial charge in [-0.25, -0.2) is 0 Å². The predicted octanol–water partition coefficient (Wildman–Crippen LogP) is 12.0. The van der Waals surface area contributed by atoms with Gasteiger partial charge in [-0.2, -0.15) is 5.26 Å². The van der Waals surface area contributed by atoms with Gasteiger partial charge >= 0.3 is 0 Å². The van der Waals surface area contributed by atoms with E-state index in [9.17, 15) is 5.26 Å². The molecule has 3 nitrogen and oxygen atoms in total. The van der Waals surface area contributed by atoms with Crippen LogP contribution in [0.4, 0.5) is 0 Å². The molecule has 0 atom stereocenters. The van der Waals surface area contributed by atoms with Crippen molar-refractivity contribution >= 4 is 43.9 Å². The molecule has 0 aliphatic heterocycles. The first-order valence-electron chi connectivity index (χ1n) is 15.3. The van der Waals surface area contributed by atoms with Crippen molar-refractivity contribution in [1.29, 1.82) is 5.26 Å². The average molecular weight is 588 g/mol. The van der Waals surface area contributed by atoms with E-state index in [-0.39, 0.29) is 0 Å². The Morgan fingerprint density at radius 1 is 0.348 bits per heavy atom. The number of nitrogens with zero attached hydrogens (tertiary/aromatic N) is 1. The predicted molar refractivity (Wildman–Crippen MR) is 187 cm³/mol. The third-order valence-electron chi connectivity index (χ3n) is 8.91. The summed E-state index contributed by atoms with van der Waals surface area (Å²) in [7, 11) is 0. The summed E-state index contributed by atoms with van der Waals surface area (Å²) in [6, 6.07) is 54.5. The van der Waals surface area contributed by atoms with E-state index in [4.69, 9.17) is 8.83 Å². The monoisotopic (exact) mass is 587 g/mol. The van der Waals surface area contributed by atoms with Gasteiger partial charge in [0.2, 0.25) is 0 Å². The number of nitriles is 1. The van der Waals surface area contributed by atoms with Gasteiger partial charge in [0.05, 0.1) is 11.6 Å². The van der Waals surface area contributed by atoms with E-state index in [1.807, 2.05) is 54.6 Å². The zero-order chi connectivity index (χ0) is 30.6. The quantitative estimate of drug-likeness (QED) is 0.206. The summed E-state index contributed by atoms with van der Waals surface area (Å²) in [4.78, 5) is 0. The van der Waals surface area contributed by atoms with Crippen LogP contribution in [0.1, 0.15) is 5.56 Å². The molecule has 46 heavy (non-hydrogen) atoms. The van der Waals surface area contributed by atoms with Crippen LogP contribution < -0.4 is 0 Å². The zero-order valence-corrected chi connectivity index (χ0v) is 24.7. The molecule has 0 saturated carbocycles. The van der Waals surface area contributed by atoms with Crippen LogP contribution in [-0.2, 0) is 0 Å². The topological polar surface area (TPSA) is 50.1 Å². The fourth-order valence-electron chi connectivity index (χ4n) is 6.62. The third-order valence-corrected chi connectivity index (χ3v) is 8.91. The van der Waals surface area contributed by atoms with Crippen LogP contribution >= 0.6 is 0 Å². The molecular formula is C43H25NO2. The van der Waals surface area contributed by atoms with Crippen LogP contribution in [0.2, 0.25) is 0 Å². The van der Waals surface area contributed by atoms with Crippen LogP contribution in [0.5, 0.6) is 0 Å². The molecule has 0 radical (unpaired) electrons. The number of benzene rings is 7. The second-order valence-electron chi connectivity index (χ2n) is 11.7. The van der Waals surface area contributed by atoms with Gasteiger partial charge in [-0.3, -0.25) is 0 Å². The highest BCUT2D eigenvalue weighted by atomic mass is 16.3. The number of hydrogen-bond acceptors (Lipinski definition) is 3. The normalized spacial score (nSPS) is 11.5. The van der Waals surface area contributed by atoms with Gasteiger partial charge in [0.25, 0.3) is 0 Å². The van der Waals surface area contributed by atoms with Crippen molar-refractivity contribution in [1.82, 2.24) is 0 Å². The van der Waals surface area contributed by atoms with E-state index >= 15 is 0 Å². The summed E-state index contributed by atoms with van der Waals surface area (Å²) in [5, 5.41) is 14.3. The largest absolute Gasteiger partial charge is 0.456 e. The van der Waals surface area contributed by atoms with Crippen molar-refractivity contribution in [3.63, 3.8) is 0 Å². The minimum absolute atomic E-state index is 0.645. The van der Waals surface area contributed by atoms with E-state index in [1.165, 1.54) is 5.56 Å². The van der Waals surface area contributed by atoms with Gasteiger partial charge in [-0.15, -0.1) is 0 Å².